The van der Waals surface area contributed by atoms with Crippen molar-refractivity contribution in [2.24, 2.45) is 3.34 Å². The van der Waals surface area contributed by atoms with Crippen molar-refractivity contribution >= 4 is 0 Å². The molecule has 0 amide bonds. The summed E-state index contributed by atoms with van der Waals surface area (Å²) in [6.07, 6.45) is 0. The standard InChI is InChI=1S/C4H9N.3C4H11N.Ta/c1-4(2,3)5;3*1-3-5-4-2;/h1-3H3;3*5H,3-4H2,1-2H3;. The van der Waals surface area contributed by atoms with Crippen LogP contribution in [-0.2, 0) is 20.9 Å². The first kappa shape index (κ1) is 29.4. The monoisotopic (exact) mass is 471 g/mol. The van der Waals surface area contributed by atoms with Crippen molar-refractivity contribution in [1.82, 2.24) is 16.0 Å². The van der Waals surface area contributed by atoms with Crippen LogP contribution in [0.2, 0.25) is 0 Å². The molecule has 0 atom stereocenters. The van der Waals surface area contributed by atoms with E-state index in [2.05, 4.69) is 81.6 Å². The van der Waals surface area contributed by atoms with Gasteiger partial charge in [-0.1, -0.05) is 41.5 Å². The Bertz CT molecular complexity index is 139. The molecule has 0 spiro atoms. The van der Waals surface area contributed by atoms with Gasteiger partial charge in [-0.05, 0) is 39.3 Å². The SMILES string of the molecule is CC(C)(C)[N]=[Ta].CCNCC.CCNCC.CCNCC. The van der Waals surface area contributed by atoms with Gasteiger partial charge in [0.05, 0.1) is 0 Å². The summed E-state index contributed by atoms with van der Waals surface area (Å²) < 4.78 is 4.13. The molecule has 0 aromatic heterocycles. The van der Waals surface area contributed by atoms with E-state index in [9.17, 15) is 0 Å². The van der Waals surface area contributed by atoms with E-state index < -0.39 is 0 Å². The number of hydrogen-bond donors (Lipinski definition) is 3. The number of hydrogen-bond acceptors (Lipinski definition) is 4. The Morgan fingerprint density at radius 3 is 0.762 bits per heavy atom. The minimum Gasteiger partial charge on any atom is -0.317 e. The maximum atomic E-state index is 4.13. The summed E-state index contributed by atoms with van der Waals surface area (Å²) in [6, 6.07) is 0. The van der Waals surface area contributed by atoms with Gasteiger partial charge < -0.3 is 16.0 Å². The van der Waals surface area contributed by atoms with Crippen LogP contribution in [0.15, 0.2) is 3.34 Å². The summed E-state index contributed by atoms with van der Waals surface area (Å²) in [5.41, 5.74) is 0.216. The summed E-state index contributed by atoms with van der Waals surface area (Å²) in [4.78, 5) is 0. The van der Waals surface area contributed by atoms with E-state index in [0.29, 0.717) is 0 Å². The second-order valence-corrected chi connectivity index (χ2v) is 5.86. The molecule has 0 fully saturated rings. The van der Waals surface area contributed by atoms with Gasteiger partial charge in [0, 0.05) is 0 Å². The van der Waals surface area contributed by atoms with Crippen LogP contribution >= 0.6 is 0 Å². The second kappa shape index (κ2) is 28.6. The fourth-order valence-corrected chi connectivity index (χ4v) is 0.750. The van der Waals surface area contributed by atoms with E-state index in [1.54, 1.807) is 0 Å². The van der Waals surface area contributed by atoms with Gasteiger partial charge in [-0.2, -0.15) is 0 Å². The second-order valence-electron chi connectivity index (χ2n) is 5.14. The minimum absolute atomic E-state index is 0.216. The molecule has 0 saturated carbocycles. The summed E-state index contributed by atoms with van der Waals surface area (Å²) in [5.74, 6) is 0. The maximum Gasteiger partial charge on any atom is -0.00775 e. The number of nitrogens with zero attached hydrogens (tertiary/aromatic N) is 1. The van der Waals surface area contributed by atoms with Gasteiger partial charge in [0.25, 0.3) is 0 Å². The van der Waals surface area contributed by atoms with Crippen molar-refractivity contribution in [3.63, 3.8) is 0 Å². The Morgan fingerprint density at radius 1 is 0.619 bits per heavy atom. The van der Waals surface area contributed by atoms with Crippen LogP contribution < -0.4 is 16.0 Å². The van der Waals surface area contributed by atoms with E-state index in [0.717, 1.165) is 60.2 Å². The first-order valence-corrected chi connectivity index (χ1v) is 9.72. The Morgan fingerprint density at radius 2 is 0.762 bits per heavy atom. The number of rotatable bonds is 6. The fraction of sp³-hybridized carbons (Fsp3) is 1.00. The molecular weight excluding hydrogens is 429 g/mol. The fourth-order valence-electron chi connectivity index (χ4n) is 0.750. The van der Waals surface area contributed by atoms with Crippen LogP contribution in [0.4, 0.5) is 0 Å². The molecule has 0 rings (SSSR count). The molecule has 5 heteroatoms. The van der Waals surface area contributed by atoms with Crippen LogP contribution in [0, 0.1) is 0 Å². The number of nitrogens with one attached hydrogen (secondary N) is 3. The zero-order valence-corrected chi connectivity index (χ0v) is 19.4. The predicted molar refractivity (Wildman–Crippen MR) is 94.8 cm³/mol. The van der Waals surface area contributed by atoms with Crippen LogP contribution in [0.3, 0.4) is 0 Å². The molecule has 0 saturated heterocycles. The summed E-state index contributed by atoms with van der Waals surface area (Å²) in [6.45, 7) is 25.5. The van der Waals surface area contributed by atoms with Crippen molar-refractivity contribution in [3.8, 4) is 0 Å². The largest absolute Gasteiger partial charge is 0.317 e. The quantitative estimate of drug-likeness (QED) is 0.557. The molecule has 0 aromatic rings. The third-order valence-electron chi connectivity index (χ3n) is 1.80. The molecule has 131 valence electrons. The predicted octanol–water partition coefficient (Wildman–Crippen LogP) is 3.36. The van der Waals surface area contributed by atoms with E-state index in [1.165, 1.54) is 0 Å². The Kier molecular flexibility index (Phi) is 40.0. The normalized spacial score (nSPS) is 9.14. The van der Waals surface area contributed by atoms with E-state index >= 15 is 0 Å². The first-order chi connectivity index (χ1) is 9.80. The molecule has 0 aromatic carbocycles. The molecule has 0 bridgehead atoms. The average molecular weight is 471 g/mol. The van der Waals surface area contributed by atoms with Crippen molar-refractivity contribution in [2.45, 2.75) is 67.9 Å². The zero-order valence-electron chi connectivity index (χ0n) is 16.1. The molecular formula is C16H42N4Ta. The molecule has 0 heterocycles. The van der Waals surface area contributed by atoms with Crippen molar-refractivity contribution in [3.05, 3.63) is 0 Å². The van der Waals surface area contributed by atoms with Crippen molar-refractivity contribution in [2.75, 3.05) is 39.3 Å². The van der Waals surface area contributed by atoms with E-state index in [4.69, 9.17) is 0 Å². The zero-order chi connectivity index (χ0) is 17.6. The van der Waals surface area contributed by atoms with E-state index in [1.807, 2.05) is 0 Å². The van der Waals surface area contributed by atoms with Gasteiger partial charge in [-0.3, -0.25) is 0 Å². The van der Waals surface area contributed by atoms with Gasteiger partial charge >= 0.3 is 50.5 Å². The Labute approximate surface area is 147 Å². The van der Waals surface area contributed by atoms with Crippen LogP contribution in [0.5, 0.6) is 0 Å². The maximum absolute atomic E-state index is 4.13. The van der Waals surface area contributed by atoms with Gasteiger partial charge in [0.15, 0.2) is 0 Å². The first-order valence-electron chi connectivity index (χ1n) is 8.29. The van der Waals surface area contributed by atoms with Crippen LogP contribution in [0.25, 0.3) is 0 Å². The summed E-state index contributed by atoms with van der Waals surface area (Å²) in [5, 5.41) is 9.33. The van der Waals surface area contributed by atoms with E-state index in [-0.39, 0.29) is 5.54 Å². The smallest absolute Gasteiger partial charge is 0.00775 e. The molecule has 0 unspecified atom stereocenters. The van der Waals surface area contributed by atoms with Gasteiger partial charge in [0.1, 0.15) is 0 Å². The van der Waals surface area contributed by atoms with Crippen molar-refractivity contribution in [1.29, 1.82) is 0 Å². The molecule has 0 aliphatic carbocycles. The van der Waals surface area contributed by atoms with Crippen LogP contribution in [0.1, 0.15) is 62.3 Å². The topological polar surface area (TPSA) is 48.5 Å². The van der Waals surface area contributed by atoms with Crippen LogP contribution in [-0.4, -0.2) is 44.8 Å². The van der Waals surface area contributed by atoms with Crippen molar-refractivity contribution < 1.29 is 20.9 Å². The third-order valence-corrected chi connectivity index (χ3v) is 3.96. The summed E-state index contributed by atoms with van der Waals surface area (Å²) in [7, 11) is 0. The molecule has 0 radical (unpaired) electrons. The molecule has 21 heavy (non-hydrogen) atoms. The molecule has 4 nitrogen and oxygen atoms in total. The van der Waals surface area contributed by atoms with Gasteiger partial charge in [-0.25, -0.2) is 0 Å². The average Bonchev–Trinajstić information content (AvgIpc) is 2.43. The van der Waals surface area contributed by atoms with Gasteiger partial charge in [0.2, 0.25) is 0 Å². The Hall–Kier alpha value is 0.420. The Balaban J connectivity index is -0.0000000921. The molecule has 0 aliphatic heterocycles. The minimum atomic E-state index is 0.216. The summed E-state index contributed by atoms with van der Waals surface area (Å²) >= 11 is 1.15. The third kappa shape index (κ3) is 78.1. The molecule has 3 N–H and O–H groups in total. The molecule has 0 aliphatic rings. The van der Waals surface area contributed by atoms with Gasteiger partial charge in [-0.15, -0.1) is 0 Å².